The molecule has 53 heavy (non-hydrogen) atoms. The van der Waals surface area contributed by atoms with Gasteiger partial charge in [-0.25, -0.2) is 19.9 Å². The highest BCUT2D eigenvalue weighted by Crippen LogP contribution is 2.41. The Hall–Kier alpha value is -7.24. The normalized spacial score (nSPS) is 11.4. The summed E-state index contributed by atoms with van der Waals surface area (Å²) in [6.07, 6.45) is 0. The topological polar surface area (TPSA) is 56.5 Å². The summed E-state index contributed by atoms with van der Waals surface area (Å²) in [5.74, 6) is 1.88. The van der Waals surface area contributed by atoms with Crippen LogP contribution in [0.2, 0.25) is 0 Å². The largest absolute Gasteiger partial charge is 0.307 e. The van der Waals surface area contributed by atoms with Gasteiger partial charge in [-0.15, -0.1) is 0 Å². The van der Waals surface area contributed by atoms with Gasteiger partial charge in [0.2, 0.25) is 0 Å². The van der Waals surface area contributed by atoms with Gasteiger partial charge in [-0.1, -0.05) is 152 Å². The van der Waals surface area contributed by atoms with E-state index in [1.807, 2.05) is 42.5 Å². The molecule has 0 atom stereocenters. The lowest BCUT2D eigenvalue weighted by molar-refractivity contribution is 1.07. The summed E-state index contributed by atoms with van der Waals surface area (Å²) in [7, 11) is 0. The molecule has 5 nitrogen and oxygen atoms in total. The average molecular weight is 678 g/mol. The van der Waals surface area contributed by atoms with Crippen molar-refractivity contribution < 1.29 is 0 Å². The van der Waals surface area contributed by atoms with Crippen LogP contribution in [0, 0.1) is 0 Å². The summed E-state index contributed by atoms with van der Waals surface area (Å²) in [6.45, 7) is 0. The third-order valence-electron chi connectivity index (χ3n) is 9.85. The molecule has 10 rings (SSSR count). The van der Waals surface area contributed by atoms with Crippen LogP contribution in [0.4, 0.5) is 0 Å². The molecule has 0 N–H and O–H groups in total. The van der Waals surface area contributed by atoms with Crippen LogP contribution in [-0.2, 0) is 0 Å². The number of hydrogen-bond acceptors (Lipinski definition) is 4. The van der Waals surface area contributed by atoms with Gasteiger partial charge in [-0.3, -0.25) is 0 Å². The number of hydrogen-bond donors (Lipinski definition) is 0. The van der Waals surface area contributed by atoms with Crippen molar-refractivity contribution in [2.24, 2.45) is 0 Å². The molecule has 5 heteroatoms. The molecule has 3 aromatic heterocycles. The van der Waals surface area contributed by atoms with Gasteiger partial charge in [0, 0.05) is 44.1 Å². The van der Waals surface area contributed by atoms with E-state index in [-0.39, 0.29) is 0 Å². The third-order valence-corrected chi connectivity index (χ3v) is 9.85. The summed E-state index contributed by atoms with van der Waals surface area (Å²) in [6, 6.07) is 65.0. The fourth-order valence-electron chi connectivity index (χ4n) is 7.31. The molecule has 248 valence electrons. The van der Waals surface area contributed by atoms with Crippen LogP contribution in [0.1, 0.15) is 0 Å². The molecule has 0 saturated carbocycles. The Morgan fingerprint density at radius 1 is 0.321 bits per heavy atom. The molecular formula is C48H31N5. The van der Waals surface area contributed by atoms with Crippen LogP contribution in [0.25, 0.3) is 94.9 Å². The second-order valence-corrected chi connectivity index (χ2v) is 13.1. The number of aromatic nitrogens is 5. The van der Waals surface area contributed by atoms with E-state index < -0.39 is 0 Å². The molecule has 3 heterocycles. The van der Waals surface area contributed by atoms with Gasteiger partial charge in [0.15, 0.2) is 17.5 Å². The molecular weight excluding hydrogens is 647 g/mol. The van der Waals surface area contributed by atoms with Gasteiger partial charge in [-0.2, -0.15) is 0 Å². The molecule has 0 aliphatic heterocycles. The maximum atomic E-state index is 5.27. The predicted octanol–water partition coefficient (Wildman–Crippen LogP) is 11.9. The molecule has 0 fully saturated rings. The smallest absolute Gasteiger partial charge is 0.164 e. The molecule has 0 saturated heterocycles. The van der Waals surface area contributed by atoms with Crippen molar-refractivity contribution in [3.63, 3.8) is 0 Å². The Morgan fingerprint density at radius 2 is 0.755 bits per heavy atom. The minimum Gasteiger partial charge on any atom is -0.307 e. The second kappa shape index (κ2) is 12.8. The van der Waals surface area contributed by atoms with Crippen molar-refractivity contribution in [1.82, 2.24) is 24.5 Å². The highest BCUT2D eigenvalue weighted by atomic mass is 15.0. The first-order valence-electron chi connectivity index (χ1n) is 17.7. The van der Waals surface area contributed by atoms with Crippen LogP contribution in [0.5, 0.6) is 0 Å². The Bertz CT molecular complexity index is 2900. The maximum absolute atomic E-state index is 5.27. The number of pyridine rings is 1. The number of fused-ring (bicyclic) bond motifs is 5. The Labute approximate surface area is 306 Å². The monoisotopic (exact) mass is 677 g/mol. The van der Waals surface area contributed by atoms with Crippen LogP contribution in [0.3, 0.4) is 0 Å². The number of nitrogens with zero attached hydrogens (tertiary/aromatic N) is 5. The van der Waals surface area contributed by atoms with Gasteiger partial charge in [0.05, 0.1) is 22.2 Å². The molecule has 0 spiro atoms. The van der Waals surface area contributed by atoms with E-state index >= 15 is 0 Å². The highest BCUT2D eigenvalue weighted by molar-refractivity contribution is 6.23. The number of rotatable bonds is 6. The fourth-order valence-corrected chi connectivity index (χ4v) is 7.31. The van der Waals surface area contributed by atoms with Crippen molar-refractivity contribution in [3.05, 3.63) is 188 Å². The molecule has 0 aliphatic rings. The minimum absolute atomic E-state index is 0.618. The lowest BCUT2D eigenvalue weighted by Crippen LogP contribution is -2.01. The van der Waals surface area contributed by atoms with E-state index in [4.69, 9.17) is 19.9 Å². The zero-order valence-electron chi connectivity index (χ0n) is 28.6. The van der Waals surface area contributed by atoms with E-state index in [1.165, 1.54) is 16.3 Å². The summed E-state index contributed by atoms with van der Waals surface area (Å²) in [5, 5.41) is 3.52. The van der Waals surface area contributed by atoms with E-state index in [1.54, 1.807) is 0 Å². The first kappa shape index (κ1) is 30.6. The summed E-state index contributed by atoms with van der Waals surface area (Å²) >= 11 is 0. The predicted molar refractivity (Wildman–Crippen MR) is 217 cm³/mol. The summed E-state index contributed by atoms with van der Waals surface area (Å²) in [5.41, 5.74) is 11.3. The molecule has 10 aromatic rings. The quantitative estimate of drug-likeness (QED) is 0.176. The zero-order chi connectivity index (χ0) is 35.1. The Morgan fingerprint density at radius 3 is 1.38 bits per heavy atom. The van der Waals surface area contributed by atoms with Crippen LogP contribution >= 0.6 is 0 Å². The van der Waals surface area contributed by atoms with Crippen LogP contribution in [-0.4, -0.2) is 24.5 Å². The Balaban J connectivity index is 1.13. The highest BCUT2D eigenvalue weighted by Gasteiger charge is 2.21. The molecule has 0 radical (unpaired) electrons. The van der Waals surface area contributed by atoms with Gasteiger partial charge in [-0.05, 0) is 47.5 Å². The van der Waals surface area contributed by atoms with Gasteiger partial charge >= 0.3 is 0 Å². The van der Waals surface area contributed by atoms with Crippen molar-refractivity contribution in [1.29, 1.82) is 0 Å². The molecule has 7 aromatic carbocycles. The summed E-state index contributed by atoms with van der Waals surface area (Å²) < 4.78 is 2.35. The van der Waals surface area contributed by atoms with Crippen LogP contribution in [0.15, 0.2) is 188 Å². The molecule has 0 unspecified atom stereocenters. The lowest BCUT2D eigenvalue weighted by atomic mass is 10.0. The third kappa shape index (κ3) is 5.43. The van der Waals surface area contributed by atoms with Crippen molar-refractivity contribution in [2.75, 3.05) is 0 Å². The average Bonchev–Trinajstić information content (AvgIpc) is 3.60. The second-order valence-electron chi connectivity index (χ2n) is 13.1. The zero-order valence-corrected chi connectivity index (χ0v) is 28.6. The first-order valence-corrected chi connectivity index (χ1v) is 17.7. The van der Waals surface area contributed by atoms with Gasteiger partial charge in [0.1, 0.15) is 0 Å². The van der Waals surface area contributed by atoms with E-state index in [0.29, 0.717) is 17.5 Å². The van der Waals surface area contributed by atoms with Gasteiger partial charge < -0.3 is 4.57 Å². The van der Waals surface area contributed by atoms with E-state index in [0.717, 1.165) is 61.1 Å². The molecule has 0 aliphatic carbocycles. The van der Waals surface area contributed by atoms with Crippen molar-refractivity contribution in [3.8, 4) is 62.2 Å². The summed E-state index contributed by atoms with van der Waals surface area (Å²) in [4.78, 5) is 20.3. The van der Waals surface area contributed by atoms with Crippen molar-refractivity contribution in [2.45, 2.75) is 0 Å². The fraction of sp³-hybridized carbons (Fsp3) is 0. The van der Waals surface area contributed by atoms with E-state index in [9.17, 15) is 0 Å². The molecule has 0 amide bonds. The van der Waals surface area contributed by atoms with Crippen molar-refractivity contribution >= 4 is 32.7 Å². The number of benzene rings is 7. The Kier molecular flexibility index (Phi) is 7.40. The standard InChI is InChI=1S/C48H31N5/c1-4-14-32(15-5-1)33-24-26-36(27-25-33)47-50-46(35-18-8-3-9-19-35)51-48(52-47)37-28-30-38(31-29-37)53-42-23-13-11-21-40(42)43-39-20-10-12-22-41(39)49-44(45(43)53)34-16-6-2-7-17-34/h1-31H. The van der Waals surface area contributed by atoms with E-state index in [2.05, 4.69) is 150 Å². The maximum Gasteiger partial charge on any atom is 0.164 e. The number of para-hydroxylation sites is 2. The first-order chi connectivity index (χ1) is 26.3. The van der Waals surface area contributed by atoms with Gasteiger partial charge in [0.25, 0.3) is 0 Å². The van der Waals surface area contributed by atoms with Crippen LogP contribution < -0.4 is 0 Å². The molecule has 0 bridgehead atoms. The SMILES string of the molecule is c1ccc(-c2ccc(-c3nc(-c4ccccc4)nc(-c4ccc(-n5c6ccccc6c6c7ccccc7nc(-c7ccccc7)c65)cc4)n3)cc2)cc1. The minimum atomic E-state index is 0.618. The lowest BCUT2D eigenvalue weighted by Gasteiger charge is -2.13.